The number of ether oxygens (including phenoxy) is 1. The molecule has 1 amide bonds. The lowest BCUT2D eigenvalue weighted by atomic mass is 10.1. The molecule has 1 aliphatic heterocycles. The number of hydrogen-bond acceptors (Lipinski definition) is 6. The summed E-state index contributed by atoms with van der Waals surface area (Å²) in [6.45, 7) is 9.62. The SMILES string of the molecule is Cc1ccc(OCC(=O)N2CCN(Cc3nc(-c4ccccc4C)no3)CC2)cc1C. The largest absolute Gasteiger partial charge is 0.484 e. The first-order valence-electron chi connectivity index (χ1n) is 10.6. The van der Waals surface area contributed by atoms with Crippen molar-refractivity contribution in [1.29, 1.82) is 0 Å². The van der Waals surface area contributed by atoms with E-state index >= 15 is 0 Å². The Bertz CT molecular complexity index is 1050. The molecule has 0 radical (unpaired) electrons. The average molecular weight is 421 g/mol. The molecule has 7 heteroatoms. The second kappa shape index (κ2) is 9.31. The summed E-state index contributed by atoms with van der Waals surface area (Å²) in [5.41, 5.74) is 4.47. The number of nitrogens with zero attached hydrogens (tertiary/aromatic N) is 4. The zero-order chi connectivity index (χ0) is 21.8. The molecule has 1 aromatic heterocycles. The fourth-order valence-corrected chi connectivity index (χ4v) is 3.64. The molecule has 0 saturated carbocycles. The van der Waals surface area contributed by atoms with Crippen molar-refractivity contribution in [3.05, 3.63) is 65.0 Å². The lowest BCUT2D eigenvalue weighted by molar-refractivity contribution is -0.135. The van der Waals surface area contributed by atoms with Gasteiger partial charge in [0.05, 0.1) is 6.54 Å². The van der Waals surface area contributed by atoms with Crippen molar-refractivity contribution < 1.29 is 14.1 Å². The first-order chi connectivity index (χ1) is 15.0. The number of piperazine rings is 1. The van der Waals surface area contributed by atoms with Crippen LogP contribution in [0.2, 0.25) is 0 Å². The van der Waals surface area contributed by atoms with Crippen molar-refractivity contribution in [3.8, 4) is 17.1 Å². The third-order valence-electron chi connectivity index (χ3n) is 5.78. The van der Waals surface area contributed by atoms with Crippen LogP contribution in [0.3, 0.4) is 0 Å². The van der Waals surface area contributed by atoms with Crippen LogP contribution in [0, 0.1) is 20.8 Å². The van der Waals surface area contributed by atoms with Gasteiger partial charge in [0.2, 0.25) is 11.7 Å². The van der Waals surface area contributed by atoms with E-state index in [1.165, 1.54) is 5.56 Å². The van der Waals surface area contributed by atoms with Gasteiger partial charge < -0.3 is 14.2 Å². The summed E-state index contributed by atoms with van der Waals surface area (Å²) in [4.78, 5) is 21.1. The van der Waals surface area contributed by atoms with Crippen LogP contribution in [0.15, 0.2) is 47.0 Å². The van der Waals surface area contributed by atoms with Crippen LogP contribution in [-0.2, 0) is 11.3 Å². The molecule has 2 aromatic carbocycles. The third kappa shape index (κ3) is 5.11. The average Bonchev–Trinajstić information content (AvgIpc) is 3.23. The first kappa shape index (κ1) is 21.1. The topological polar surface area (TPSA) is 71.7 Å². The number of hydrogen-bond donors (Lipinski definition) is 0. The maximum atomic E-state index is 12.5. The van der Waals surface area contributed by atoms with Crippen LogP contribution in [0.4, 0.5) is 0 Å². The van der Waals surface area contributed by atoms with Gasteiger partial charge >= 0.3 is 0 Å². The molecule has 162 valence electrons. The Balaban J connectivity index is 1.25. The van der Waals surface area contributed by atoms with E-state index in [9.17, 15) is 4.79 Å². The van der Waals surface area contributed by atoms with Crippen molar-refractivity contribution in [2.75, 3.05) is 32.8 Å². The standard InChI is InChI=1S/C24H28N4O3/c1-17-8-9-20(14-19(17)3)30-16-23(29)28-12-10-27(11-13-28)15-22-25-24(26-31-22)21-7-5-4-6-18(21)2/h4-9,14H,10-13,15-16H2,1-3H3. The summed E-state index contributed by atoms with van der Waals surface area (Å²) < 4.78 is 11.1. The number of amides is 1. The predicted molar refractivity (Wildman–Crippen MR) is 118 cm³/mol. The van der Waals surface area contributed by atoms with E-state index in [2.05, 4.69) is 22.0 Å². The number of carbonyl (C=O) groups excluding carboxylic acids is 1. The highest BCUT2D eigenvalue weighted by Crippen LogP contribution is 2.20. The molecule has 1 fully saturated rings. The highest BCUT2D eigenvalue weighted by Gasteiger charge is 2.23. The molecule has 31 heavy (non-hydrogen) atoms. The fourth-order valence-electron chi connectivity index (χ4n) is 3.64. The molecular formula is C24H28N4O3. The monoisotopic (exact) mass is 420 g/mol. The van der Waals surface area contributed by atoms with Crippen molar-refractivity contribution in [2.24, 2.45) is 0 Å². The molecule has 2 heterocycles. The van der Waals surface area contributed by atoms with E-state index in [0.29, 0.717) is 31.3 Å². The predicted octanol–water partition coefficient (Wildman–Crippen LogP) is 3.39. The van der Waals surface area contributed by atoms with Gasteiger partial charge in [0, 0.05) is 31.7 Å². The molecule has 0 bridgehead atoms. The molecule has 1 aliphatic rings. The van der Waals surface area contributed by atoms with Crippen LogP contribution in [0.25, 0.3) is 11.4 Å². The van der Waals surface area contributed by atoms with Crippen molar-refractivity contribution in [2.45, 2.75) is 27.3 Å². The van der Waals surface area contributed by atoms with E-state index < -0.39 is 0 Å². The second-order valence-electron chi connectivity index (χ2n) is 8.02. The van der Waals surface area contributed by atoms with Crippen LogP contribution in [-0.4, -0.2) is 58.6 Å². The highest BCUT2D eigenvalue weighted by atomic mass is 16.5. The van der Waals surface area contributed by atoms with E-state index in [0.717, 1.165) is 35.5 Å². The minimum absolute atomic E-state index is 0.0116. The zero-order valence-electron chi connectivity index (χ0n) is 18.3. The van der Waals surface area contributed by atoms with E-state index in [1.807, 2.05) is 61.2 Å². The van der Waals surface area contributed by atoms with Crippen molar-refractivity contribution in [3.63, 3.8) is 0 Å². The molecule has 3 aromatic rings. The van der Waals surface area contributed by atoms with Gasteiger partial charge in [-0.2, -0.15) is 4.98 Å². The van der Waals surface area contributed by atoms with Crippen LogP contribution < -0.4 is 4.74 Å². The van der Waals surface area contributed by atoms with E-state index in [4.69, 9.17) is 9.26 Å². The van der Waals surface area contributed by atoms with Crippen LogP contribution in [0.5, 0.6) is 5.75 Å². The number of aromatic nitrogens is 2. The van der Waals surface area contributed by atoms with E-state index in [1.54, 1.807) is 0 Å². The number of benzene rings is 2. The van der Waals surface area contributed by atoms with Gasteiger partial charge in [-0.05, 0) is 49.6 Å². The summed E-state index contributed by atoms with van der Waals surface area (Å²) in [5, 5.41) is 4.13. The zero-order valence-corrected chi connectivity index (χ0v) is 18.3. The normalized spacial score (nSPS) is 14.6. The second-order valence-corrected chi connectivity index (χ2v) is 8.02. The maximum absolute atomic E-state index is 12.5. The number of carbonyl (C=O) groups is 1. The number of rotatable bonds is 6. The van der Waals surface area contributed by atoms with Gasteiger partial charge in [0.1, 0.15) is 5.75 Å². The molecule has 7 nitrogen and oxygen atoms in total. The molecule has 0 aliphatic carbocycles. The number of aryl methyl sites for hydroxylation is 3. The summed E-state index contributed by atoms with van der Waals surface area (Å²) in [5.74, 6) is 1.95. The van der Waals surface area contributed by atoms with Gasteiger partial charge in [0.15, 0.2) is 6.61 Å². The molecular weight excluding hydrogens is 392 g/mol. The molecule has 1 saturated heterocycles. The van der Waals surface area contributed by atoms with Gasteiger partial charge in [-0.15, -0.1) is 0 Å². The fraction of sp³-hybridized carbons (Fsp3) is 0.375. The van der Waals surface area contributed by atoms with Gasteiger partial charge in [-0.25, -0.2) is 0 Å². The Morgan fingerprint density at radius 3 is 2.52 bits per heavy atom. The smallest absolute Gasteiger partial charge is 0.260 e. The Morgan fingerprint density at radius 1 is 1.00 bits per heavy atom. The highest BCUT2D eigenvalue weighted by molar-refractivity contribution is 5.77. The van der Waals surface area contributed by atoms with Crippen LogP contribution in [0.1, 0.15) is 22.6 Å². The first-order valence-corrected chi connectivity index (χ1v) is 10.6. The maximum Gasteiger partial charge on any atom is 0.260 e. The summed E-state index contributed by atoms with van der Waals surface area (Å²) in [6, 6.07) is 13.9. The van der Waals surface area contributed by atoms with Gasteiger partial charge in [0.25, 0.3) is 5.91 Å². The molecule has 0 N–H and O–H groups in total. The Hall–Kier alpha value is -3.19. The van der Waals surface area contributed by atoms with Crippen molar-refractivity contribution >= 4 is 5.91 Å². The van der Waals surface area contributed by atoms with E-state index in [-0.39, 0.29) is 12.5 Å². The summed E-state index contributed by atoms with van der Waals surface area (Å²) in [6.07, 6.45) is 0. The van der Waals surface area contributed by atoms with Gasteiger partial charge in [-0.3, -0.25) is 9.69 Å². The minimum Gasteiger partial charge on any atom is -0.484 e. The molecule has 0 spiro atoms. The minimum atomic E-state index is 0.0116. The van der Waals surface area contributed by atoms with Gasteiger partial charge in [-0.1, -0.05) is 35.5 Å². The quantitative estimate of drug-likeness (QED) is 0.609. The Kier molecular flexibility index (Phi) is 6.32. The molecule has 0 unspecified atom stereocenters. The molecule has 0 atom stereocenters. The lowest BCUT2D eigenvalue weighted by Gasteiger charge is -2.33. The summed E-state index contributed by atoms with van der Waals surface area (Å²) in [7, 11) is 0. The third-order valence-corrected chi connectivity index (χ3v) is 5.78. The lowest BCUT2D eigenvalue weighted by Crippen LogP contribution is -2.49. The summed E-state index contributed by atoms with van der Waals surface area (Å²) >= 11 is 0. The molecule has 4 rings (SSSR count). The Labute approximate surface area is 182 Å². The van der Waals surface area contributed by atoms with Crippen LogP contribution >= 0.6 is 0 Å². The van der Waals surface area contributed by atoms with Crippen molar-refractivity contribution in [1.82, 2.24) is 19.9 Å². The Morgan fingerprint density at radius 2 is 1.77 bits per heavy atom.